The molecule has 29 heavy (non-hydrogen) atoms. The summed E-state index contributed by atoms with van der Waals surface area (Å²) in [5.74, 6) is 2.06. The van der Waals surface area contributed by atoms with Crippen LogP contribution in [0, 0.1) is 0 Å². The number of para-hydroxylation sites is 1. The Morgan fingerprint density at radius 1 is 1.07 bits per heavy atom. The summed E-state index contributed by atoms with van der Waals surface area (Å²) in [4.78, 5) is 6.22. The van der Waals surface area contributed by atoms with E-state index in [0.717, 1.165) is 11.5 Å². The van der Waals surface area contributed by atoms with Gasteiger partial charge in [-0.15, -0.1) is 0 Å². The molecule has 7 nitrogen and oxygen atoms in total. The van der Waals surface area contributed by atoms with Gasteiger partial charge < -0.3 is 18.7 Å². The molecule has 3 rings (SSSR count). The molecule has 0 aliphatic rings. The Bertz CT molecular complexity index is 903. The predicted octanol–water partition coefficient (Wildman–Crippen LogP) is 3.86. The molecule has 0 fully saturated rings. The van der Waals surface area contributed by atoms with E-state index in [2.05, 4.69) is 14.9 Å². The summed E-state index contributed by atoms with van der Waals surface area (Å²) in [5.41, 5.74) is 0.341. The zero-order valence-corrected chi connectivity index (χ0v) is 16.0. The third-order valence-corrected chi connectivity index (χ3v) is 4.02. The lowest BCUT2D eigenvalue weighted by molar-refractivity contribution is -0.0494. The zero-order valence-electron chi connectivity index (χ0n) is 16.0. The van der Waals surface area contributed by atoms with Crippen LogP contribution in [0.1, 0.15) is 5.89 Å². The van der Waals surface area contributed by atoms with Crippen LogP contribution in [-0.2, 0) is 6.54 Å². The molecule has 0 saturated heterocycles. The normalized spacial score (nSPS) is 11.1. The molecule has 0 amide bonds. The quantitative estimate of drug-likeness (QED) is 0.507. The largest absolute Gasteiger partial charge is 0.497 e. The van der Waals surface area contributed by atoms with Crippen molar-refractivity contribution in [1.29, 1.82) is 0 Å². The SMILES string of the molecule is COc1ccc(OCCN(C)Cc2nc(-c3ccccc3OC(F)F)no2)cc1. The van der Waals surface area contributed by atoms with Crippen LogP contribution in [0.5, 0.6) is 17.2 Å². The number of alkyl halides is 2. The number of hydrogen-bond donors (Lipinski definition) is 0. The van der Waals surface area contributed by atoms with Crippen LogP contribution in [0.3, 0.4) is 0 Å². The monoisotopic (exact) mass is 405 g/mol. The van der Waals surface area contributed by atoms with Crippen molar-refractivity contribution in [3.05, 3.63) is 54.4 Å². The van der Waals surface area contributed by atoms with E-state index in [0.29, 0.717) is 31.2 Å². The fourth-order valence-electron chi connectivity index (χ4n) is 2.58. The van der Waals surface area contributed by atoms with Crippen molar-refractivity contribution in [1.82, 2.24) is 15.0 Å². The summed E-state index contributed by atoms with van der Waals surface area (Å²) in [6, 6.07) is 13.6. The van der Waals surface area contributed by atoms with E-state index in [-0.39, 0.29) is 11.6 Å². The Morgan fingerprint density at radius 2 is 1.79 bits per heavy atom. The van der Waals surface area contributed by atoms with E-state index < -0.39 is 6.61 Å². The molecule has 0 radical (unpaired) electrons. The minimum absolute atomic E-state index is 0.00361. The van der Waals surface area contributed by atoms with Crippen LogP contribution in [0.4, 0.5) is 8.78 Å². The fourth-order valence-corrected chi connectivity index (χ4v) is 2.58. The summed E-state index contributed by atoms with van der Waals surface area (Å²) >= 11 is 0. The van der Waals surface area contributed by atoms with Crippen molar-refractivity contribution >= 4 is 0 Å². The third kappa shape index (κ3) is 5.89. The lowest BCUT2D eigenvalue weighted by atomic mass is 10.2. The summed E-state index contributed by atoms with van der Waals surface area (Å²) in [6.45, 7) is -1.46. The Morgan fingerprint density at radius 3 is 2.52 bits per heavy atom. The van der Waals surface area contributed by atoms with Crippen LogP contribution >= 0.6 is 0 Å². The molecule has 0 bridgehead atoms. The second-order valence-electron chi connectivity index (χ2n) is 6.15. The first-order valence-electron chi connectivity index (χ1n) is 8.87. The third-order valence-electron chi connectivity index (χ3n) is 4.02. The molecule has 2 aromatic carbocycles. The molecule has 0 aliphatic heterocycles. The molecule has 0 unspecified atom stereocenters. The topological polar surface area (TPSA) is 69.9 Å². The van der Waals surface area contributed by atoms with Crippen molar-refractivity contribution in [2.24, 2.45) is 0 Å². The van der Waals surface area contributed by atoms with Gasteiger partial charge in [-0.05, 0) is 43.4 Å². The number of nitrogens with zero attached hydrogens (tertiary/aromatic N) is 3. The summed E-state index contributed by atoms with van der Waals surface area (Å²) in [6.07, 6.45) is 0. The smallest absolute Gasteiger partial charge is 0.387 e. The van der Waals surface area contributed by atoms with E-state index in [4.69, 9.17) is 14.0 Å². The molecule has 1 aromatic heterocycles. The Kier molecular flexibility index (Phi) is 6.96. The second-order valence-corrected chi connectivity index (χ2v) is 6.15. The van der Waals surface area contributed by atoms with Crippen molar-refractivity contribution in [3.63, 3.8) is 0 Å². The first kappa shape index (κ1) is 20.5. The molecule has 0 aliphatic carbocycles. The number of methoxy groups -OCH3 is 1. The van der Waals surface area contributed by atoms with Gasteiger partial charge in [0.15, 0.2) is 0 Å². The maximum atomic E-state index is 12.6. The molecule has 0 saturated carbocycles. The molecular formula is C20H21F2N3O4. The predicted molar refractivity (Wildman–Crippen MR) is 101 cm³/mol. The molecule has 154 valence electrons. The van der Waals surface area contributed by atoms with Crippen molar-refractivity contribution in [2.75, 3.05) is 27.3 Å². The highest BCUT2D eigenvalue weighted by atomic mass is 19.3. The highest BCUT2D eigenvalue weighted by Gasteiger charge is 2.16. The van der Waals surface area contributed by atoms with E-state index in [1.54, 1.807) is 25.3 Å². The van der Waals surface area contributed by atoms with Gasteiger partial charge in [-0.2, -0.15) is 13.8 Å². The van der Waals surface area contributed by atoms with Crippen molar-refractivity contribution in [2.45, 2.75) is 13.2 Å². The molecular weight excluding hydrogens is 384 g/mol. The molecule has 0 N–H and O–H groups in total. The van der Waals surface area contributed by atoms with E-state index >= 15 is 0 Å². The second kappa shape index (κ2) is 9.83. The van der Waals surface area contributed by atoms with E-state index in [1.807, 2.05) is 36.2 Å². The van der Waals surface area contributed by atoms with Gasteiger partial charge in [0.1, 0.15) is 23.9 Å². The van der Waals surface area contributed by atoms with Gasteiger partial charge in [0.05, 0.1) is 19.2 Å². The van der Waals surface area contributed by atoms with Gasteiger partial charge in [0.2, 0.25) is 11.7 Å². The Labute approximate surface area is 166 Å². The van der Waals surface area contributed by atoms with Crippen LogP contribution in [0.2, 0.25) is 0 Å². The summed E-state index contributed by atoms with van der Waals surface area (Å²) < 4.78 is 45.7. The number of halogens is 2. The minimum atomic E-state index is -2.93. The molecule has 1 heterocycles. The number of rotatable bonds is 10. The van der Waals surface area contributed by atoms with Crippen LogP contribution in [0.25, 0.3) is 11.4 Å². The van der Waals surface area contributed by atoms with Gasteiger partial charge in [-0.1, -0.05) is 17.3 Å². The lowest BCUT2D eigenvalue weighted by Gasteiger charge is -2.14. The van der Waals surface area contributed by atoms with Gasteiger partial charge >= 0.3 is 6.61 Å². The molecule has 3 aromatic rings. The maximum absolute atomic E-state index is 12.6. The van der Waals surface area contributed by atoms with Crippen LogP contribution in [-0.4, -0.2) is 49.0 Å². The van der Waals surface area contributed by atoms with Crippen molar-refractivity contribution in [3.8, 4) is 28.6 Å². The highest BCUT2D eigenvalue weighted by molar-refractivity contribution is 5.63. The number of benzene rings is 2. The van der Waals surface area contributed by atoms with Gasteiger partial charge in [-0.25, -0.2) is 0 Å². The Hall–Kier alpha value is -3.20. The molecule has 9 heteroatoms. The van der Waals surface area contributed by atoms with Crippen LogP contribution in [0.15, 0.2) is 53.1 Å². The maximum Gasteiger partial charge on any atom is 0.387 e. The number of ether oxygens (including phenoxy) is 3. The Balaban J connectivity index is 1.53. The van der Waals surface area contributed by atoms with E-state index in [1.165, 1.54) is 6.07 Å². The summed E-state index contributed by atoms with van der Waals surface area (Å²) in [7, 11) is 3.49. The average Bonchev–Trinajstić information content (AvgIpc) is 3.16. The van der Waals surface area contributed by atoms with Gasteiger partial charge in [0.25, 0.3) is 0 Å². The average molecular weight is 405 g/mol. The minimum Gasteiger partial charge on any atom is -0.497 e. The first-order valence-corrected chi connectivity index (χ1v) is 8.87. The van der Waals surface area contributed by atoms with Crippen molar-refractivity contribution < 1.29 is 27.5 Å². The van der Waals surface area contributed by atoms with Gasteiger partial charge in [0, 0.05) is 6.54 Å². The number of aromatic nitrogens is 2. The van der Waals surface area contributed by atoms with Crippen LogP contribution < -0.4 is 14.2 Å². The molecule has 0 spiro atoms. The summed E-state index contributed by atoms with van der Waals surface area (Å²) in [5, 5.41) is 3.87. The fraction of sp³-hybridized carbons (Fsp3) is 0.300. The van der Waals surface area contributed by atoms with E-state index in [9.17, 15) is 8.78 Å². The lowest BCUT2D eigenvalue weighted by Crippen LogP contribution is -2.24. The first-order chi connectivity index (χ1) is 14.0. The van der Waals surface area contributed by atoms with Gasteiger partial charge in [-0.3, -0.25) is 4.90 Å². The highest BCUT2D eigenvalue weighted by Crippen LogP contribution is 2.28. The molecule has 0 atom stereocenters. The standard InChI is InChI=1S/C20H21F2N3O4/c1-25(11-12-27-15-9-7-14(26-2)8-10-15)13-18-23-19(24-29-18)16-5-3-4-6-17(16)28-20(21)22/h3-10,20H,11-13H2,1-2H3. The zero-order chi connectivity index (χ0) is 20.6. The number of hydrogen-bond acceptors (Lipinski definition) is 7. The number of likely N-dealkylation sites (N-methyl/N-ethyl adjacent to an activating group) is 1.